The zero-order valence-electron chi connectivity index (χ0n) is 14.8. The first-order chi connectivity index (χ1) is 12.5. The summed E-state index contributed by atoms with van der Waals surface area (Å²) in [4.78, 5) is 16.7. The number of likely N-dealkylation sites (tertiary alicyclic amines) is 1. The van der Waals surface area contributed by atoms with Crippen molar-refractivity contribution in [2.45, 2.75) is 32.2 Å². The Bertz CT molecular complexity index is 605. The van der Waals surface area contributed by atoms with E-state index in [1.165, 1.54) is 24.8 Å². The molecule has 1 fully saturated rings. The minimum Gasteiger partial charge on any atom is -0.494 e. The summed E-state index contributed by atoms with van der Waals surface area (Å²) in [6.45, 7) is 4.07. The number of ether oxygens (including phenoxy) is 1. The van der Waals surface area contributed by atoms with E-state index in [1.807, 2.05) is 12.1 Å². The van der Waals surface area contributed by atoms with Crippen molar-refractivity contribution in [2.75, 3.05) is 26.2 Å². The molecule has 26 heavy (non-hydrogen) atoms. The Balaban J connectivity index is 1.71. The van der Waals surface area contributed by atoms with Gasteiger partial charge in [-0.25, -0.2) is 10.6 Å². The molecule has 2 rings (SSSR count). The number of piperidine rings is 1. The van der Waals surface area contributed by atoms with Crippen LogP contribution in [-0.2, 0) is 11.4 Å². The molecule has 0 saturated carbocycles. The highest BCUT2D eigenvalue weighted by molar-refractivity contribution is 5.77. The molecule has 1 aromatic carbocycles. The third-order valence-electron chi connectivity index (χ3n) is 4.08. The van der Waals surface area contributed by atoms with Crippen LogP contribution in [0.25, 0.3) is 0 Å². The lowest BCUT2D eigenvalue weighted by Crippen LogP contribution is -2.43. The maximum atomic E-state index is 10.2. The van der Waals surface area contributed by atoms with Gasteiger partial charge in [-0.1, -0.05) is 18.6 Å². The monoisotopic (exact) mass is 365 g/mol. The molecule has 0 unspecified atom stereocenters. The van der Waals surface area contributed by atoms with Crippen LogP contribution < -0.4 is 16.3 Å². The maximum absolute atomic E-state index is 10.2. The van der Waals surface area contributed by atoms with Gasteiger partial charge < -0.3 is 15.6 Å². The van der Waals surface area contributed by atoms with E-state index in [1.54, 1.807) is 0 Å². The second-order valence-corrected chi connectivity index (χ2v) is 6.19. The predicted molar refractivity (Wildman–Crippen MR) is 97.3 cm³/mol. The molecule has 1 aromatic rings. The molecular formula is C17H27N5O4. The van der Waals surface area contributed by atoms with Crippen molar-refractivity contribution < 1.29 is 19.5 Å². The largest absolute Gasteiger partial charge is 0.532 e. The number of nitrogens with two attached hydrogens (primary N) is 2. The van der Waals surface area contributed by atoms with E-state index in [9.17, 15) is 4.79 Å². The van der Waals surface area contributed by atoms with Crippen LogP contribution in [0.4, 0.5) is 4.79 Å². The molecule has 5 N–H and O–H groups in total. The Kier molecular flexibility index (Phi) is 7.97. The zero-order valence-corrected chi connectivity index (χ0v) is 14.8. The highest BCUT2D eigenvalue weighted by atomic mass is 16.7. The molecule has 0 atom stereocenters. The first-order valence-corrected chi connectivity index (χ1v) is 8.74. The van der Waals surface area contributed by atoms with Gasteiger partial charge in [0.1, 0.15) is 5.75 Å². The van der Waals surface area contributed by atoms with Crippen LogP contribution >= 0.6 is 0 Å². The van der Waals surface area contributed by atoms with Gasteiger partial charge in [0.05, 0.1) is 6.61 Å². The fourth-order valence-electron chi connectivity index (χ4n) is 2.79. The van der Waals surface area contributed by atoms with E-state index in [0.29, 0.717) is 19.6 Å². The molecule has 0 radical (unpaired) electrons. The SMILES string of the molecule is N/C(=N\OC(=O)O)N(N)CCCOc1cccc(CN2CCCCC2)c1. The standard InChI is InChI=1S/C17H27N5O4/c18-16(20-26-17(23)24)22(19)10-5-11-25-15-7-4-6-14(12-15)13-21-8-2-1-3-9-21/h4,6-7,12H,1-3,5,8-11,13,19H2,(H2,18,20)(H,23,24). The molecule has 1 aliphatic heterocycles. The van der Waals surface area contributed by atoms with Crippen LogP contribution in [-0.4, -0.2) is 53.4 Å². The Labute approximate surface area is 153 Å². The maximum Gasteiger partial charge on any atom is 0.532 e. The van der Waals surface area contributed by atoms with Gasteiger partial charge >= 0.3 is 6.16 Å². The van der Waals surface area contributed by atoms with Crippen molar-refractivity contribution in [3.05, 3.63) is 29.8 Å². The van der Waals surface area contributed by atoms with Gasteiger partial charge in [0.25, 0.3) is 0 Å². The summed E-state index contributed by atoms with van der Waals surface area (Å²) in [5, 5.41) is 12.6. The highest BCUT2D eigenvalue weighted by Crippen LogP contribution is 2.17. The number of carboxylic acid groups (broad SMARTS) is 1. The minimum atomic E-state index is -1.55. The van der Waals surface area contributed by atoms with Crippen molar-refractivity contribution in [1.82, 2.24) is 9.91 Å². The van der Waals surface area contributed by atoms with Crippen LogP contribution in [0.1, 0.15) is 31.2 Å². The fraction of sp³-hybridized carbons (Fsp3) is 0.529. The summed E-state index contributed by atoms with van der Waals surface area (Å²) < 4.78 is 5.76. The number of hydrazine groups is 1. The molecule has 9 heteroatoms. The topological polar surface area (TPSA) is 127 Å². The number of hydrogen-bond acceptors (Lipinski definition) is 6. The average molecular weight is 365 g/mol. The molecule has 0 aliphatic carbocycles. The smallest absolute Gasteiger partial charge is 0.494 e. The van der Waals surface area contributed by atoms with Gasteiger partial charge in [-0.2, -0.15) is 0 Å². The lowest BCUT2D eigenvalue weighted by Gasteiger charge is -2.26. The molecule has 0 spiro atoms. The molecule has 1 saturated heterocycles. The van der Waals surface area contributed by atoms with E-state index in [4.69, 9.17) is 21.4 Å². The third-order valence-corrected chi connectivity index (χ3v) is 4.08. The van der Waals surface area contributed by atoms with E-state index < -0.39 is 6.16 Å². The van der Waals surface area contributed by atoms with Gasteiger partial charge in [-0.3, -0.25) is 14.7 Å². The second kappa shape index (κ2) is 10.5. The number of oxime groups is 1. The van der Waals surface area contributed by atoms with E-state index in [0.717, 1.165) is 30.4 Å². The van der Waals surface area contributed by atoms with Gasteiger partial charge in [-0.05, 0) is 48.8 Å². The van der Waals surface area contributed by atoms with Crippen LogP contribution in [0.5, 0.6) is 5.75 Å². The molecule has 1 heterocycles. The Hall–Kier alpha value is -2.52. The lowest BCUT2D eigenvalue weighted by atomic mass is 10.1. The molecule has 0 aromatic heterocycles. The fourth-order valence-corrected chi connectivity index (χ4v) is 2.79. The van der Waals surface area contributed by atoms with E-state index in [2.05, 4.69) is 27.0 Å². The van der Waals surface area contributed by atoms with Gasteiger partial charge in [0.2, 0.25) is 5.96 Å². The van der Waals surface area contributed by atoms with Crippen LogP contribution in [0, 0.1) is 0 Å². The van der Waals surface area contributed by atoms with Gasteiger partial charge in [-0.15, -0.1) is 0 Å². The van der Waals surface area contributed by atoms with Crippen molar-refractivity contribution >= 4 is 12.1 Å². The number of benzene rings is 1. The first-order valence-electron chi connectivity index (χ1n) is 8.74. The predicted octanol–water partition coefficient (Wildman–Crippen LogP) is 1.54. The average Bonchev–Trinajstić information content (AvgIpc) is 2.64. The van der Waals surface area contributed by atoms with Crippen molar-refractivity contribution in [3.63, 3.8) is 0 Å². The van der Waals surface area contributed by atoms with Crippen molar-refractivity contribution in [1.29, 1.82) is 0 Å². The molecule has 1 aliphatic rings. The van der Waals surface area contributed by atoms with E-state index in [-0.39, 0.29) is 5.96 Å². The quantitative estimate of drug-likeness (QED) is 0.158. The summed E-state index contributed by atoms with van der Waals surface area (Å²) in [6.07, 6.45) is 2.92. The second-order valence-electron chi connectivity index (χ2n) is 6.19. The summed E-state index contributed by atoms with van der Waals surface area (Å²) in [5.74, 6) is 6.26. The number of carbonyl (C=O) groups is 1. The van der Waals surface area contributed by atoms with Crippen molar-refractivity contribution in [2.24, 2.45) is 16.7 Å². The third kappa shape index (κ3) is 7.16. The van der Waals surface area contributed by atoms with Crippen LogP contribution in [0.15, 0.2) is 29.4 Å². The zero-order chi connectivity index (χ0) is 18.8. The summed E-state index contributed by atoms with van der Waals surface area (Å²) in [5.41, 5.74) is 6.73. The summed E-state index contributed by atoms with van der Waals surface area (Å²) in [6, 6.07) is 8.10. The van der Waals surface area contributed by atoms with E-state index >= 15 is 0 Å². The normalized spacial score (nSPS) is 15.5. The highest BCUT2D eigenvalue weighted by Gasteiger charge is 2.10. The Morgan fingerprint density at radius 1 is 1.31 bits per heavy atom. The van der Waals surface area contributed by atoms with Gasteiger partial charge in [0, 0.05) is 19.5 Å². The van der Waals surface area contributed by atoms with Crippen LogP contribution in [0.2, 0.25) is 0 Å². The molecular weight excluding hydrogens is 338 g/mol. The molecule has 9 nitrogen and oxygen atoms in total. The Morgan fingerprint density at radius 2 is 2.08 bits per heavy atom. The van der Waals surface area contributed by atoms with Crippen LogP contribution in [0.3, 0.4) is 0 Å². The summed E-state index contributed by atoms with van der Waals surface area (Å²) in [7, 11) is 0. The lowest BCUT2D eigenvalue weighted by molar-refractivity contribution is 0.0928. The molecule has 0 amide bonds. The van der Waals surface area contributed by atoms with Gasteiger partial charge in [0.15, 0.2) is 0 Å². The summed E-state index contributed by atoms with van der Waals surface area (Å²) >= 11 is 0. The first kappa shape index (κ1) is 19.8. The number of nitrogens with zero attached hydrogens (tertiary/aromatic N) is 3. The molecule has 0 bridgehead atoms. The van der Waals surface area contributed by atoms with Crippen molar-refractivity contribution in [3.8, 4) is 5.75 Å². The Morgan fingerprint density at radius 3 is 2.81 bits per heavy atom. The number of guanidine groups is 1. The molecule has 144 valence electrons. The number of hydrogen-bond donors (Lipinski definition) is 3. The number of rotatable bonds is 8. The minimum absolute atomic E-state index is 0.212.